The van der Waals surface area contributed by atoms with Gasteiger partial charge in [-0.1, -0.05) is 60.7 Å². The SMILES string of the molecule is CC1(C)OC2(CCCC2)O[C@@H]1CP(=O)(c1ccccc1)c1ccccc1. The third-order valence-electron chi connectivity index (χ3n) is 5.72. The molecule has 4 rings (SSSR count). The molecule has 0 unspecified atom stereocenters. The van der Waals surface area contributed by atoms with Crippen LogP contribution in [0.5, 0.6) is 0 Å². The summed E-state index contributed by atoms with van der Waals surface area (Å²) in [4.78, 5) is 0. The second-order valence-corrected chi connectivity index (χ2v) is 10.9. The highest BCUT2D eigenvalue weighted by Crippen LogP contribution is 2.52. The maximum absolute atomic E-state index is 14.3. The Morgan fingerprint density at radius 1 is 0.923 bits per heavy atom. The predicted octanol–water partition coefficient (Wildman–Crippen LogP) is 4.46. The fourth-order valence-electron chi connectivity index (χ4n) is 4.29. The molecule has 0 N–H and O–H groups in total. The molecule has 3 nitrogen and oxygen atoms in total. The molecule has 1 atom stereocenters. The lowest BCUT2D eigenvalue weighted by Crippen LogP contribution is -2.38. The maximum Gasteiger partial charge on any atom is 0.169 e. The first-order chi connectivity index (χ1) is 12.4. The Labute approximate surface area is 156 Å². The van der Waals surface area contributed by atoms with Crippen molar-refractivity contribution in [2.24, 2.45) is 0 Å². The van der Waals surface area contributed by atoms with Crippen molar-refractivity contribution in [3.63, 3.8) is 0 Å². The minimum absolute atomic E-state index is 0.188. The van der Waals surface area contributed by atoms with Gasteiger partial charge in [0.25, 0.3) is 0 Å². The topological polar surface area (TPSA) is 35.5 Å². The fraction of sp³-hybridized carbons (Fsp3) is 0.455. The van der Waals surface area contributed by atoms with Gasteiger partial charge >= 0.3 is 0 Å². The molecular weight excluding hydrogens is 343 g/mol. The van der Waals surface area contributed by atoms with Crippen LogP contribution >= 0.6 is 7.14 Å². The Balaban J connectivity index is 1.71. The van der Waals surface area contributed by atoms with Crippen LogP contribution < -0.4 is 10.6 Å². The van der Waals surface area contributed by atoms with Crippen molar-refractivity contribution in [2.45, 2.75) is 57.0 Å². The van der Waals surface area contributed by atoms with E-state index in [1.54, 1.807) is 0 Å². The molecule has 4 heteroatoms. The lowest BCUT2D eigenvalue weighted by Gasteiger charge is -2.28. The van der Waals surface area contributed by atoms with E-state index in [-0.39, 0.29) is 6.10 Å². The van der Waals surface area contributed by atoms with E-state index in [4.69, 9.17) is 9.47 Å². The molecule has 1 aliphatic heterocycles. The highest BCUT2D eigenvalue weighted by atomic mass is 31.2. The summed E-state index contributed by atoms with van der Waals surface area (Å²) in [6.07, 6.45) is 4.43. The zero-order valence-electron chi connectivity index (χ0n) is 15.6. The lowest BCUT2D eigenvalue weighted by molar-refractivity contribution is -0.178. The lowest BCUT2D eigenvalue weighted by atomic mass is 10.0. The van der Waals surface area contributed by atoms with Gasteiger partial charge in [-0.15, -0.1) is 0 Å². The van der Waals surface area contributed by atoms with E-state index in [2.05, 4.69) is 13.8 Å². The van der Waals surface area contributed by atoms with Crippen LogP contribution in [0.25, 0.3) is 0 Å². The molecule has 1 saturated carbocycles. The second-order valence-electron chi connectivity index (χ2n) is 8.02. The molecule has 1 saturated heterocycles. The van der Waals surface area contributed by atoms with Crippen LogP contribution in [-0.4, -0.2) is 23.7 Å². The molecule has 0 radical (unpaired) electrons. The van der Waals surface area contributed by atoms with Crippen molar-refractivity contribution in [2.75, 3.05) is 6.16 Å². The van der Waals surface area contributed by atoms with Gasteiger partial charge in [-0.2, -0.15) is 0 Å². The van der Waals surface area contributed by atoms with Crippen LogP contribution in [0.4, 0.5) is 0 Å². The van der Waals surface area contributed by atoms with Crippen molar-refractivity contribution < 1.29 is 14.0 Å². The van der Waals surface area contributed by atoms with Crippen LogP contribution in [0.1, 0.15) is 39.5 Å². The van der Waals surface area contributed by atoms with Gasteiger partial charge in [-0.3, -0.25) is 0 Å². The third-order valence-corrected chi connectivity index (χ3v) is 8.83. The Hall–Kier alpha value is -1.41. The maximum atomic E-state index is 14.3. The first kappa shape index (κ1) is 18.0. The van der Waals surface area contributed by atoms with E-state index in [1.807, 2.05) is 60.7 Å². The molecule has 1 spiro atoms. The quantitative estimate of drug-likeness (QED) is 0.745. The smallest absolute Gasteiger partial charge is 0.169 e. The summed E-state index contributed by atoms with van der Waals surface area (Å²) in [5.74, 6) is -0.466. The first-order valence-electron chi connectivity index (χ1n) is 9.52. The van der Waals surface area contributed by atoms with Crippen LogP contribution in [0, 0.1) is 0 Å². The zero-order chi connectivity index (χ0) is 18.3. The van der Waals surface area contributed by atoms with Crippen molar-refractivity contribution in [3.05, 3.63) is 60.7 Å². The molecule has 2 aromatic rings. The number of hydrogen-bond acceptors (Lipinski definition) is 3. The fourth-order valence-corrected chi connectivity index (χ4v) is 7.30. The molecule has 1 heterocycles. The second kappa shape index (κ2) is 6.64. The summed E-state index contributed by atoms with van der Waals surface area (Å²) in [5, 5.41) is 1.77. The van der Waals surface area contributed by atoms with Gasteiger partial charge in [0.1, 0.15) is 7.14 Å². The van der Waals surface area contributed by atoms with Crippen molar-refractivity contribution in [1.29, 1.82) is 0 Å². The minimum Gasteiger partial charge on any atom is -0.343 e. The van der Waals surface area contributed by atoms with Gasteiger partial charge in [0.2, 0.25) is 0 Å². The Bertz CT molecular complexity index is 751. The largest absolute Gasteiger partial charge is 0.343 e. The van der Waals surface area contributed by atoms with Gasteiger partial charge in [-0.25, -0.2) is 0 Å². The van der Waals surface area contributed by atoms with E-state index in [9.17, 15) is 4.57 Å². The Morgan fingerprint density at radius 3 is 1.92 bits per heavy atom. The summed E-state index contributed by atoms with van der Waals surface area (Å²) in [5.41, 5.74) is -0.441. The summed E-state index contributed by atoms with van der Waals surface area (Å²) >= 11 is 0. The minimum atomic E-state index is -2.82. The van der Waals surface area contributed by atoms with E-state index < -0.39 is 18.5 Å². The van der Waals surface area contributed by atoms with Gasteiger partial charge < -0.3 is 14.0 Å². The monoisotopic (exact) mass is 370 g/mol. The summed E-state index contributed by atoms with van der Waals surface area (Å²) < 4.78 is 27.2. The molecular formula is C22H27O3P. The van der Waals surface area contributed by atoms with E-state index in [1.165, 1.54) is 0 Å². The number of benzene rings is 2. The predicted molar refractivity (Wildman–Crippen MR) is 106 cm³/mol. The van der Waals surface area contributed by atoms with Gasteiger partial charge in [-0.05, 0) is 26.7 Å². The highest BCUT2D eigenvalue weighted by Gasteiger charge is 2.54. The van der Waals surface area contributed by atoms with Gasteiger partial charge in [0, 0.05) is 29.6 Å². The summed E-state index contributed by atoms with van der Waals surface area (Å²) in [6.45, 7) is 4.15. The highest BCUT2D eigenvalue weighted by molar-refractivity contribution is 7.78. The molecule has 2 fully saturated rings. The van der Waals surface area contributed by atoms with E-state index in [0.717, 1.165) is 36.3 Å². The molecule has 1 aliphatic carbocycles. The van der Waals surface area contributed by atoms with E-state index >= 15 is 0 Å². The molecule has 0 aromatic heterocycles. The average molecular weight is 370 g/mol. The summed E-state index contributed by atoms with van der Waals surface area (Å²) in [6, 6.07) is 19.7. The Kier molecular flexibility index (Phi) is 4.59. The number of hydrogen-bond donors (Lipinski definition) is 0. The van der Waals surface area contributed by atoms with Gasteiger partial charge in [0.05, 0.1) is 11.7 Å². The molecule has 0 bridgehead atoms. The first-order valence-corrected chi connectivity index (χ1v) is 11.4. The van der Waals surface area contributed by atoms with Gasteiger partial charge in [0.15, 0.2) is 5.79 Å². The van der Waals surface area contributed by atoms with E-state index in [0.29, 0.717) is 6.16 Å². The van der Waals surface area contributed by atoms with Crippen molar-refractivity contribution >= 4 is 17.8 Å². The summed E-state index contributed by atoms with van der Waals surface area (Å²) in [7, 11) is -2.82. The average Bonchev–Trinajstić information content (AvgIpc) is 3.19. The Morgan fingerprint density at radius 2 is 1.42 bits per heavy atom. The number of ether oxygens (including phenoxy) is 2. The van der Waals surface area contributed by atoms with Crippen LogP contribution in [0.3, 0.4) is 0 Å². The zero-order valence-corrected chi connectivity index (χ0v) is 16.5. The standard InChI is InChI=1S/C22H27O3P/c1-21(2)20(24-22(25-21)15-9-10-16-22)17-26(23,18-11-5-3-6-12-18)19-13-7-4-8-14-19/h3-8,11-14,20H,9-10,15-17H2,1-2H3/t20-/m1/s1. The normalized spacial score (nSPS) is 24.2. The van der Waals surface area contributed by atoms with Crippen LogP contribution in [0.15, 0.2) is 60.7 Å². The molecule has 2 aliphatic rings. The molecule has 0 amide bonds. The third kappa shape index (κ3) is 3.17. The van der Waals surface area contributed by atoms with Crippen molar-refractivity contribution in [3.8, 4) is 0 Å². The molecule has 138 valence electrons. The van der Waals surface area contributed by atoms with Crippen molar-refractivity contribution in [1.82, 2.24) is 0 Å². The molecule has 2 aromatic carbocycles. The number of rotatable bonds is 4. The molecule has 26 heavy (non-hydrogen) atoms. The van der Waals surface area contributed by atoms with Crippen LogP contribution in [-0.2, 0) is 14.0 Å². The van der Waals surface area contributed by atoms with Crippen LogP contribution in [0.2, 0.25) is 0 Å².